The summed E-state index contributed by atoms with van der Waals surface area (Å²) in [6.07, 6.45) is 6.78. The molecule has 2 atom stereocenters. The fourth-order valence-electron chi connectivity index (χ4n) is 2.88. The van der Waals surface area contributed by atoms with Crippen molar-refractivity contribution in [2.45, 2.75) is 39.0 Å². The fourth-order valence-corrected chi connectivity index (χ4v) is 2.88. The number of benzene rings is 1. The number of nitrogens with one attached hydrogen (secondary N) is 1. The van der Waals surface area contributed by atoms with E-state index in [1.807, 2.05) is 0 Å². The molecule has 0 heterocycles. The third-order valence-electron chi connectivity index (χ3n) is 4.11. The molecule has 1 aliphatic carbocycles. The van der Waals surface area contributed by atoms with Crippen molar-refractivity contribution in [2.24, 2.45) is 11.8 Å². The quantitative estimate of drug-likeness (QED) is 0.737. The molecule has 17 heavy (non-hydrogen) atoms. The molecule has 0 radical (unpaired) electrons. The number of rotatable bonds is 6. The predicted molar refractivity (Wildman–Crippen MR) is 74.1 cm³/mol. The van der Waals surface area contributed by atoms with Crippen LogP contribution in [0.25, 0.3) is 0 Å². The molecule has 0 amide bonds. The van der Waals surface area contributed by atoms with Crippen LogP contribution >= 0.6 is 0 Å². The predicted octanol–water partition coefficient (Wildman–Crippen LogP) is 3.65. The number of hydrogen-bond acceptors (Lipinski definition) is 1. The van der Waals surface area contributed by atoms with Crippen LogP contribution in [0.3, 0.4) is 0 Å². The minimum Gasteiger partial charge on any atom is -0.316 e. The van der Waals surface area contributed by atoms with Crippen LogP contribution in [-0.4, -0.2) is 13.1 Å². The van der Waals surface area contributed by atoms with Crippen LogP contribution in [0.15, 0.2) is 30.3 Å². The summed E-state index contributed by atoms with van der Waals surface area (Å²) in [4.78, 5) is 0. The van der Waals surface area contributed by atoms with E-state index in [4.69, 9.17) is 0 Å². The average Bonchev–Trinajstić information content (AvgIpc) is 2.76. The van der Waals surface area contributed by atoms with Gasteiger partial charge >= 0.3 is 0 Å². The molecular weight excluding hydrogens is 206 g/mol. The van der Waals surface area contributed by atoms with Gasteiger partial charge in [0.25, 0.3) is 0 Å². The van der Waals surface area contributed by atoms with Crippen LogP contribution < -0.4 is 5.32 Å². The van der Waals surface area contributed by atoms with Gasteiger partial charge in [-0.05, 0) is 49.8 Å². The van der Waals surface area contributed by atoms with Gasteiger partial charge < -0.3 is 5.32 Å². The van der Waals surface area contributed by atoms with E-state index in [0.29, 0.717) is 0 Å². The third kappa shape index (κ3) is 4.16. The Morgan fingerprint density at radius 1 is 1.18 bits per heavy atom. The summed E-state index contributed by atoms with van der Waals surface area (Å²) >= 11 is 0. The van der Waals surface area contributed by atoms with Crippen molar-refractivity contribution < 1.29 is 0 Å². The normalized spacial score (nSPS) is 24.1. The summed E-state index contributed by atoms with van der Waals surface area (Å²) in [5.74, 6) is 1.88. The smallest absolute Gasteiger partial charge is 0.00180 e. The Balaban J connectivity index is 1.55. The molecule has 0 saturated heterocycles. The lowest BCUT2D eigenvalue weighted by Crippen LogP contribution is -2.25. The lowest BCUT2D eigenvalue weighted by atomic mass is 9.98. The Kier molecular flexibility index (Phi) is 5.06. The first-order valence-corrected chi connectivity index (χ1v) is 7.11. The van der Waals surface area contributed by atoms with E-state index >= 15 is 0 Å². The molecular formula is C16H25N. The van der Waals surface area contributed by atoms with Gasteiger partial charge in [0.1, 0.15) is 0 Å². The van der Waals surface area contributed by atoms with Crippen molar-refractivity contribution in [3.8, 4) is 0 Å². The molecule has 0 spiro atoms. The van der Waals surface area contributed by atoms with Crippen LogP contribution in [0.1, 0.15) is 38.2 Å². The monoisotopic (exact) mass is 231 g/mol. The maximum Gasteiger partial charge on any atom is -0.00180 e. The topological polar surface area (TPSA) is 12.0 Å². The van der Waals surface area contributed by atoms with Crippen LogP contribution in [-0.2, 0) is 6.42 Å². The zero-order chi connectivity index (χ0) is 11.9. The van der Waals surface area contributed by atoms with Crippen LogP contribution in [0.4, 0.5) is 0 Å². The minimum absolute atomic E-state index is 0.937. The second-order valence-corrected chi connectivity index (χ2v) is 5.46. The van der Waals surface area contributed by atoms with Gasteiger partial charge in [0.2, 0.25) is 0 Å². The average molecular weight is 231 g/mol. The summed E-state index contributed by atoms with van der Waals surface area (Å²) in [7, 11) is 0. The molecule has 1 N–H and O–H groups in total. The lowest BCUT2D eigenvalue weighted by Gasteiger charge is -2.15. The maximum atomic E-state index is 3.63. The van der Waals surface area contributed by atoms with Gasteiger partial charge in [-0.15, -0.1) is 0 Å². The minimum atomic E-state index is 0.937. The Bertz CT molecular complexity index is 307. The van der Waals surface area contributed by atoms with Gasteiger partial charge in [-0.2, -0.15) is 0 Å². The SMILES string of the molecule is CC1CCCC1CNCCCc1ccccc1. The van der Waals surface area contributed by atoms with Crippen molar-refractivity contribution >= 4 is 0 Å². The first kappa shape index (κ1) is 12.6. The number of hydrogen-bond donors (Lipinski definition) is 1. The van der Waals surface area contributed by atoms with Gasteiger partial charge in [-0.3, -0.25) is 0 Å². The summed E-state index contributed by atoms with van der Waals surface area (Å²) in [5.41, 5.74) is 1.46. The van der Waals surface area contributed by atoms with Gasteiger partial charge in [0.15, 0.2) is 0 Å². The molecule has 1 fully saturated rings. The third-order valence-corrected chi connectivity index (χ3v) is 4.11. The molecule has 0 bridgehead atoms. The standard InChI is InChI=1S/C16H25N/c1-14-7-5-11-16(14)13-17-12-6-10-15-8-3-2-4-9-15/h2-4,8-9,14,16-17H,5-7,10-13H2,1H3. The van der Waals surface area contributed by atoms with Gasteiger partial charge in [0.05, 0.1) is 0 Å². The van der Waals surface area contributed by atoms with Crippen molar-refractivity contribution in [3.63, 3.8) is 0 Å². The van der Waals surface area contributed by atoms with Crippen molar-refractivity contribution in [3.05, 3.63) is 35.9 Å². The van der Waals surface area contributed by atoms with Gasteiger partial charge in [-0.1, -0.05) is 50.1 Å². The van der Waals surface area contributed by atoms with E-state index in [-0.39, 0.29) is 0 Å². The van der Waals surface area contributed by atoms with E-state index in [0.717, 1.165) is 18.4 Å². The van der Waals surface area contributed by atoms with Crippen LogP contribution in [0, 0.1) is 11.8 Å². The highest BCUT2D eigenvalue weighted by atomic mass is 14.9. The molecule has 1 heteroatoms. The Morgan fingerprint density at radius 2 is 2.00 bits per heavy atom. The second kappa shape index (κ2) is 6.80. The molecule has 1 aromatic rings. The summed E-state index contributed by atoms with van der Waals surface area (Å²) < 4.78 is 0. The molecule has 1 aliphatic rings. The van der Waals surface area contributed by atoms with E-state index in [1.165, 1.54) is 44.2 Å². The summed E-state index contributed by atoms with van der Waals surface area (Å²) in [6.45, 7) is 4.80. The van der Waals surface area contributed by atoms with Crippen LogP contribution in [0.5, 0.6) is 0 Å². The van der Waals surface area contributed by atoms with Gasteiger partial charge in [0, 0.05) is 0 Å². The lowest BCUT2D eigenvalue weighted by molar-refractivity contribution is 0.392. The molecule has 1 saturated carbocycles. The van der Waals surface area contributed by atoms with Crippen LogP contribution in [0.2, 0.25) is 0 Å². The largest absolute Gasteiger partial charge is 0.316 e. The van der Waals surface area contributed by atoms with E-state index in [1.54, 1.807) is 0 Å². The molecule has 1 aromatic carbocycles. The van der Waals surface area contributed by atoms with Crippen molar-refractivity contribution in [2.75, 3.05) is 13.1 Å². The Labute approximate surface area is 106 Å². The molecule has 0 aliphatic heterocycles. The van der Waals surface area contributed by atoms with E-state index in [9.17, 15) is 0 Å². The highest BCUT2D eigenvalue weighted by Crippen LogP contribution is 2.30. The Morgan fingerprint density at radius 3 is 2.71 bits per heavy atom. The Hall–Kier alpha value is -0.820. The summed E-state index contributed by atoms with van der Waals surface area (Å²) in [5, 5.41) is 3.63. The van der Waals surface area contributed by atoms with E-state index in [2.05, 4.69) is 42.6 Å². The zero-order valence-electron chi connectivity index (χ0n) is 11.0. The first-order chi connectivity index (χ1) is 8.36. The molecule has 1 nitrogen and oxygen atoms in total. The van der Waals surface area contributed by atoms with Crippen molar-refractivity contribution in [1.82, 2.24) is 5.32 Å². The highest BCUT2D eigenvalue weighted by molar-refractivity contribution is 5.14. The molecule has 94 valence electrons. The highest BCUT2D eigenvalue weighted by Gasteiger charge is 2.22. The van der Waals surface area contributed by atoms with Gasteiger partial charge in [-0.25, -0.2) is 0 Å². The zero-order valence-corrected chi connectivity index (χ0v) is 11.0. The first-order valence-electron chi connectivity index (χ1n) is 7.11. The molecule has 2 unspecified atom stereocenters. The van der Waals surface area contributed by atoms with E-state index < -0.39 is 0 Å². The second-order valence-electron chi connectivity index (χ2n) is 5.46. The number of aryl methyl sites for hydroxylation is 1. The molecule has 2 rings (SSSR count). The molecule has 0 aromatic heterocycles. The summed E-state index contributed by atoms with van der Waals surface area (Å²) in [6, 6.07) is 10.8. The van der Waals surface area contributed by atoms with Crippen molar-refractivity contribution in [1.29, 1.82) is 0 Å². The fraction of sp³-hybridized carbons (Fsp3) is 0.625. The maximum absolute atomic E-state index is 3.63.